The van der Waals surface area contributed by atoms with E-state index in [1.54, 1.807) is 24.3 Å². The largest absolute Gasteiger partial charge is 0.338 e. The van der Waals surface area contributed by atoms with Gasteiger partial charge in [-0.2, -0.15) is 0 Å². The highest BCUT2D eigenvalue weighted by atomic mass is 32.2. The first-order chi connectivity index (χ1) is 12.3. The molecule has 2 N–H and O–H groups in total. The number of amides is 2. The molecule has 1 heterocycles. The van der Waals surface area contributed by atoms with Crippen LogP contribution in [-0.2, 0) is 9.84 Å². The third kappa shape index (κ3) is 6.61. The van der Waals surface area contributed by atoms with Crippen molar-refractivity contribution >= 4 is 15.9 Å². The van der Waals surface area contributed by atoms with Gasteiger partial charge in [0.15, 0.2) is 9.84 Å². The Morgan fingerprint density at radius 3 is 2.42 bits per heavy atom. The van der Waals surface area contributed by atoms with Crippen LogP contribution in [0.1, 0.15) is 44.7 Å². The molecule has 1 saturated heterocycles. The van der Waals surface area contributed by atoms with Gasteiger partial charge in [0.25, 0.3) is 0 Å². The van der Waals surface area contributed by atoms with E-state index < -0.39 is 9.84 Å². The van der Waals surface area contributed by atoms with E-state index in [0.717, 1.165) is 37.5 Å². The van der Waals surface area contributed by atoms with Crippen molar-refractivity contribution in [2.45, 2.75) is 44.0 Å². The van der Waals surface area contributed by atoms with Crippen LogP contribution in [0.2, 0.25) is 0 Å². The Balaban J connectivity index is 1.68. The number of likely N-dealkylation sites (tertiary alicyclic amines) is 1. The summed E-state index contributed by atoms with van der Waals surface area (Å²) in [5.41, 5.74) is 0.870. The summed E-state index contributed by atoms with van der Waals surface area (Å²) in [6.45, 7) is 8.18. The lowest BCUT2D eigenvalue weighted by Gasteiger charge is -2.30. The zero-order valence-electron chi connectivity index (χ0n) is 16.0. The van der Waals surface area contributed by atoms with Gasteiger partial charge in [0.1, 0.15) is 0 Å². The Morgan fingerprint density at radius 2 is 1.85 bits per heavy atom. The normalized spacial score (nSPS) is 17.7. The molecule has 2 rings (SSSR count). The highest BCUT2D eigenvalue weighted by Crippen LogP contribution is 2.17. The summed E-state index contributed by atoms with van der Waals surface area (Å²) in [6, 6.07) is 6.22. The van der Waals surface area contributed by atoms with Crippen LogP contribution in [0.5, 0.6) is 0 Å². The molecular formula is C19H31N3O3S. The van der Waals surface area contributed by atoms with Crippen LogP contribution in [0.15, 0.2) is 29.2 Å². The Labute approximate surface area is 157 Å². The number of sulfone groups is 1. The number of nitrogens with zero attached hydrogens (tertiary/aromatic N) is 1. The quantitative estimate of drug-likeness (QED) is 0.712. The van der Waals surface area contributed by atoms with Crippen LogP contribution in [0.25, 0.3) is 0 Å². The number of hydrogen-bond acceptors (Lipinski definition) is 4. The molecule has 1 aromatic carbocycles. The maximum atomic E-state index is 12.0. The van der Waals surface area contributed by atoms with Crippen molar-refractivity contribution in [3.05, 3.63) is 29.8 Å². The molecule has 0 bridgehead atoms. The fourth-order valence-electron chi connectivity index (χ4n) is 3.12. The van der Waals surface area contributed by atoms with E-state index >= 15 is 0 Å². The predicted octanol–water partition coefficient (Wildman–Crippen LogP) is 2.57. The van der Waals surface area contributed by atoms with Crippen LogP contribution < -0.4 is 10.6 Å². The number of carbonyl (C=O) groups is 1. The fraction of sp³-hybridized carbons (Fsp3) is 0.632. The van der Waals surface area contributed by atoms with E-state index in [1.807, 2.05) is 6.92 Å². The summed E-state index contributed by atoms with van der Waals surface area (Å²) in [6.07, 6.45) is 4.66. The second-order valence-electron chi connectivity index (χ2n) is 7.34. The van der Waals surface area contributed by atoms with Gasteiger partial charge in [-0.3, -0.25) is 0 Å². The predicted molar refractivity (Wildman–Crippen MR) is 104 cm³/mol. The van der Waals surface area contributed by atoms with Crippen molar-refractivity contribution in [3.8, 4) is 0 Å². The van der Waals surface area contributed by atoms with Gasteiger partial charge in [-0.25, -0.2) is 13.2 Å². The first kappa shape index (κ1) is 20.7. The maximum absolute atomic E-state index is 12.0. The second-order valence-corrected chi connectivity index (χ2v) is 9.36. The number of benzene rings is 1. The van der Waals surface area contributed by atoms with Gasteiger partial charge in [0, 0.05) is 12.8 Å². The van der Waals surface area contributed by atoms with Gasteiger partial charge in [0.05, 0.1) is 10.9 Å². The van der Waals surface area contributed by atoms with Gasteiger partial charge in [-0.1, -0.05) is 19.1 Å². The highest BCUT2D eigenvalue weighted by molar-refractivity contribution is 7.90. The molecule has 146 valence electrons. The van der Waals surface area contributed by atoms with Gasteiger partial charge in [-0.05, 0) is 69.4 Å². The fourth-order valence-corrected chi connectivity index (χ4v) is 3.76. The number of hydrogen-bond donors (Lipinski definition) is 2. The first-order valence-electron chi connectivity index (χ1n) is 9.32. The lowest BCUT2D eigenvalue weighted by molar-refractivity contribution is 0.190. The molecule has 7 heteroatoms. The molecule has 1 aliphatic heterocycles. The van der Waals surface area contributed by atoms with Crippen LogP contribution in [-0.4, -0.2) is 51.8 Å². The summed E-state index contributed by atoms with van der Waals surface area (Å²) in [7, 11) is -3.20. The van der Waals surface area contributed by atoms with Crippen molar-refractivity contribution in [2.24, 2.45) is 5.92 Å². The average Bonchev–Trinajstić information content (AvgIpc) is 2.59. The summed E-state index contributed by atoms with van der Waals surface area (Å²) in [4.78, 5) is 14.8. The zero-order valence-corrected chi connectivity index (χ0v) is 16.8. The standard InChI is InChI=1S/C19H31N3O3S/c1-15-9-13-22(14-10-15)12-4-11-20-19(23)21-16(2)17-5-7-18(8-6-17)26(3,24)25/h5-8,15-16H,4,9-14H2,1-3H3,(H2,20,21,23). The Bertz CT molecular complexity index is 680. The molecule has 6 nitrogen and oxygen atoms in total. The van der Waals surface area contributed by atoms with Crippen molar-refractivity contribution in [2.75, 3.05) is 32.4 Å². The Morgan fingerprint density at radius 1 is 1.23 bits per heavy atom. The minimum atomic E-state index is -3.20. The van der Waals surface area contributed by atoms with Crippen molar-refractivity contribution in [3.63, 3.8) is 0 Å². The molecule has 0 spiro atoms. The van der Waals surface area contributed by atoms with Crippen LogP contribution >= 0.6 is 0 Å². The molecule has 26 heavy (non-hydrogen) atoms. The molecule has 0 radical (unpaired) electrons. The van der Waals surface area contributed by atoms with E-state index in [2.05, 4.69) is 22.5 Å². The van der Waals surface area contributed by atoms with Crippen molar-refractivity contribution < 1.29 is 13.2 Å². The third-order valence-electron chi connectivity index (χ3n) is 4.97. The van der Waals surface area contributed by atoms with E-state index in [1.165, 1.54) is 19.1 Å². The molecule has 1 aliphatic rings. The van der Waals surface area contributed by atoms with Crippen molar-refractivity contribution in [1.29, 1.82) is 0 Å². The molecule has 1 aromatic rings. The lowest BCUT2D eigenvalue weighted by atomic mass is 9.99. The number of rotatable bonds is 7. The topological polar surface area (TPSA) is 78.5 Å². The SMILES string of the molecule is CC1CCN(CCCNC(=O)NC(C)c2ccc(S(C)(=O)=O)cc2)CC1. The van der Waals surface area contributed by atoms with E-state index in [0.29, 0.717) is 6.54 Å². The first-order valence-corrected chi connectivity index (χ1v) is 11.2. The van der Waals surface area contributed by atoms with E-state index in [9.17, 15) is 13.2 Å². The molecular weight excluding hydrogens is 350 g/mol. The average molecular weight is 382 g/mol. The smallest absolute Gasteiger partial charge is 0.315 e. The second kappa shape index (κ2) is 9.37. The molecule has 0 aromatic heterocycles. The van der Waals surface area contributed by atoms with Crippen LogP contribution in [0.3, 0.4) is 0 Å². The zero-order chi connectivity index (χ0) is 19.2. The van der Waals surface area contributed by atoms with Gasteiger partial charge in [-0.15, -0.1) is 0 Å². The van der Waals surface area contributed by atoms with Crippen LogP contribution in [0, 0.1) is 5.92 Å². The summed E-state index contributed by atoms with van der Waals surface area (Å²) >= 11 is 0. The van der Waals surface area contributed by atoms with Gasteiger partial charge >= 0.3 is 6.03 Å². The van der Waals surface area contributed by atoms with E-state index in [-0.39, 0.29) is 17.0 Å². The van der Waals surface area contributed by atoms with E-state index in [4.69, 9.17) is 0 Å². The molecule has 0 saturated carbocycles. The van der Waals surface area contributed by atoms with Crippen LogP contribution in [0.4, 0.5) is 4.79 Å². The summed E-state index contributed by atoms with van der Waals surface area (Å²) < 4.78 is 23.0. The van der Waals surface area contributed by atoms with Gasteiger partial charge in [0.2, 0.25) is 0 Å². The van der Waals surface area contributed by atoms with Crippen molar-refractivity contribution in [1.82, 2.24) is 15.5 Å². The number of nitrogens with one attached hydrogen (secondary N) is 2. The molecule has 1 fully saturated rings. The number of carbonyl (C=O) groups excluding carboxylic acids is 1. The number of piperidine rings is 1. The third-order valence-corrected chi connectivity index (χ3v) is 6.10. The minimum absolute atomic E-state index is 0.188. The minimum Gasteiger partial charge on any atom is -0.338 e. The molecule has 1 unspecified atom stereocenters. The molecule has 1 atom stereocenters. The summed E-state index contributed by atoms with van der Waals surface area (Å²) in [5.74, 6) is 0.836. The lowest BCUT2D eigenvalue weighted by Crippen LogP contribution is -2.39. The Hall–Kier alpha value is -1.60. The molecule has 0 aliphatic carbocycles. The monoisotopic (exact) mass is 381 g/mol. The number of urea groups is 1. The molecule has 2 amide bonds. The maximum Gasteiger partial charge on any atom is 0.315 e. The Kier molecular flexibility index (Phi) is 7.46. The summed E-state index contributed by atoms with van der Waals surface area (Å²) in [5, 5.41) is 5.78. The highest BCUT2D eigenvalue weighted by Gasteiger charge is 2.15. The van der Waals surface area contributed by atoms with Gasteiger partial charge < -0.3 is 15.5 Å².